The molecular weight excluding hydrogens is 334 g/mol. The number of quaternary nitrogens is 1. The number of hydrogen-bond acceptors (Lipinski definition) is 2. The molecule has 0 spiro atoms. The third kappa shape index (κ3) is 3.81. The van der Waals surface area contributed by atoms with Crippen LogP contribution >= 0.6 is 0 Å². The Morgan fingerprint density at radius 1 is 0.963 bits per heavy atom. The molecule has 0 saturated carbocycles. The van der Waals surface area contributed by atoms with Crippen LogP contribution in [-0.4, -0.2) is 38.6 Å². The van der Waals surface area contributed by atoms with E-state index in [9.17, 15) is 4.79 Å². The summed E-state index contributed by atoms with van der Waals surface area (Å²) in [5, 5.41) is 5.09. The largest absolute Gasteiger partial charge is 0.360 e. The first-order chi connectivity index (χ1) is 13.2. The van der Waals surface area contributed by atoms with Crippen molar-refractivity contribution in [1.29, 1.82) is 0 Å². The van der Waals surface area contributed by atoms with Crippen molar-refractivity contribution in [2.45, 2.75) is 6.92 Å². The molecular formula is C23H26N3O+. The molecule has 3 aromatic carbocycles. The number of nitrogens with zero attached hydrogens (tertiary/aromatic N) is 1. The summed E-state index contributed by atoms with van der Waals surface area (Å²) in [7, 11) is 0. The number of likely N-dealkylation sites (N-methyl/N-ethyl adjacent to an activating group) is 1. The Balaban J connectivity index is 1.46. The molecule has 1 heterocycles. The van der Waals surface area contributed by atoms with E-state index in [1.165, 1.54) is 25.3 Å². The highest BCUT2D eigenvalue weighted by molar-refractivity contribution is 6.12. The van der Waals surface area contributed by atoms with Gasteiger partial charge in [0.05, 0.1) is 32.7 Å². The average molecular weight is 360 g/mol. The summed E-state index contributed by atoms with van der Waals surface area (Å²) in [4.78, 5) is 16.9. The Bertz CT molecular complexity index is 923. The van der Waals surface area contributed by atoms with Crippen LogP contribution in [0.4, 0.5) is 11.4 Å². The van der Waals surface area contributed by atoms with E-state index in [1.54, 1.807) is 4.90 Å². The maximum atomic E-state index is 12.8. The third-order valence-corrected chi connectivity index (χ3v) is 5.50. The number of amides is 1. The van der Waals surface area contributed by atoms with E-state index < -0.39 is 0 Å². The SMILES string of the molecule is CC[NH+]1CCN(c2ccc(NC(=O)c3cccc4ccccc34)cc2)CC1. The predicted octanol–water partition coefficient (Wildman–Crippen LogP) is 2.82. The average Bonchev–Trinajstić information content (AvgIpc) is 2.74. The molecule has 0 aromatic heterocycles. The molecule has 0 radical (unpaired) electrons. The van der Waals surface area contributed by atoms with Crippen LogP contribution in [0.1, 0.15) is 17.3 Å². The van der Waals surface area contributed by atoms with Gasteiger partial charge in [0.15, 0.2) is 0 Å². The quantitative estimate of drug-likeness (QED) is 0.751. The highest BCUT2D eigenvalue weighted by Gasteiger charge is 2.18. The molecule has 1 aliphatic heterocycles. The molecule has 1 saturated heterocycles. The van der Waals surface area contributed by atoms with E-state index in [0.29, 0.717) is 5.56 Å². The fourth-order valence-corrected chi connectivity index (χ4v) is 3.81. The van der Waals surface area contributed by atoms with Crippen molar-refractivity contribution in [2.75, 3.05) is 42.9 Å². The Morgan fingerprint density at radius 3 is 2.41 bits per heavy atom. The first-order valence-corrected chi connectivity index (χ1v) is 9.72. The number of anilines is 2. The monoisotopic (exact) mass is 360 g/mol. The molecule has 4 nitrogen and oxygen atoms in total. The maximum Gasteiger partial charge on any atom is 0.256 e. The van der Waals surface area contributed by atoms with E-state index >= 15 is 0 Å². The second-order valence-corrected chi connectivity index (χ2v) is 7.12. The van der Waals surface area contributed by atoms with Gasteiger partial charge in [-0.25, -0.2) is 0 Å². The number of nitrogens with one attached hydrogen (secondary N) is 2. The fraction of sp³-hybridized carbons (Fsp3) is 0.261. The molecule has 0 atom stereocenters. The smallest absolute Gasteiger partial charge is 0.256 e. The van der Waals surface area contributed by atoms with Crippen LogP contribution in [0.3, 0.4) is 0 Å². The zero-order chi connectivity index (χ0) is 18.6. The van der Waals surface area contributed by atoms with Gasteiger partial charge in [-0.15, -0.1) is 0 Å². The van der Waals surface area contributed by atoms with Gasteiger partial charge in [0.1, 0.15) is 0 Å². The second kappa shape index (κ2) is 7.80. The summed E-state index contributed by atoms with van der Waals surface area (Å²) in [6.45, 7) is 8.01. The van der Waals surface area contributed by atoms with Crippen LogP contribution in [0.5, 0.6) is 0 Å². The van der Waals surface area contributed by atoms with Crippen LogP contribution < -0.4 is 15.1 Å². The summed E-state index contributed by atoms with van der Waals surface area (Å²) in [5.74, 6) is -0.0697. The minimum atomic E-state index is -0.0697. The van der Waals surface area contributed by atoms with Crippen LogP contribution in [-0.2, 0) is 0 Å². The highest BCUT2D eigenvalue weighted by Crippen LogP contribution is 2.21. The van der Waals surface area contributed by atoms with Crippen molar-refractivity contribution in [2.24, 2.45) is 0 Å². The van der Waals surface area contributed by atoms with Gasteiger partial charge < -0.3 is 15.1 Å². The van der Waals surface area contributed by atoms with Gasteiger partial charge in [-0.1, -0.05) is 36.4 Å². The minimum Gasteiger partial charge on any atom is -0.360 e. The molecule has 27 heavy (non-hydrogen) atoms. The van der Waals surface area contributed by atoms with E-state index in [1.807, 2.05) is 54.6 Å². The molecule has 1 fully saturated rings. The molecule has 4 heteroatoms. The number of fused-ring (bicyclic) bond motifs is 1. The second-order valence-electron chi connectivity index (χ2n) is 7.12. The first-order valence-electron chi connectivity index (χ1n) is 9.72. The Hall–Kier alpha value is -2.85. The molecule has 138 valence electrons. The number of piperazine rings is 1. The van der Waals surface area contributed by atoms with Crippen LogP contribution in [0.15, 0.2) is 66.7 Å². The predicted molar refractivity (Wildman–Crippen MR) is 112 cm³/mol. The van der Waals surface area contributed by atoms with Crippen LogP contribution in [0.2, 0.25) is 0 Å². The van der Waals surface area contributed by atoms with Crippen molar-refractivity contribution < 1.29 is 9.69 Å². The third-order valence-electron chi connectivity index (χ3n) is 5.50. The molecule has 4 rings (SSSR count). The zero-order valence-corrected chi connectivity index (χ0v) is 15.7. The molecule has 1 aliphatic rings. The lowest BCUT2D eigenvalue weighted by Crippen LogP contribution is -3.14. The maximum absolute atomic E-state index is 12.8. The van der Waals surface area contributed by atoms with Crippen molar-refractivity contribution in [3.63, 3.8) is 0 Å². The lowest BCUT2D eigenvalue weighted by atomic mass is 10.0. The molecule has 0 bridgehead atoms. The summed E-state index contributed by atoms with van der Waals surface area (Å²) < 4.78 is 0. The number of hydrogen-bond donors (Lipinski definition) is 2. The van der Waals surface area contributed by atoms with Gasteiger partial charge in [-0.2, -0.15) is 0 Å². The molecule has 3 aromatic rings. The van der Waals surface area contributed by atoms with Crippen molar-refractivity contribution >= 4 is 28.1 Å². The normalized spacial score (nSPS) is 15.1. The van der Waals surface area contributed by atoms with Gasteiger partial charge in [0.2, 0.25) is 0 Å². The minimum absolute atomic E-state index is 0.0697. The molecule has 2 N–H and O–H groups in total. The van der Waals surface area contributed by atoms with E-state index in [0.717, 1.165) is 29.5 Å². The molecule has 1 amide bonds. The highest BCUT2D eigenvalue weighted by atomic mass is 16.1. The van der Waals surface area contributed by atoms with Gasteiger partial charge >= 0.3 is 0 Å². The lowest BCUT2D eigenvalue weighted by Gasteiger charge is -2.33. The van der Waals surface area contributed by atoms with Gasteiger partial charge in [-0.05, 0) is 48.0 Å². The van der Waals surface area contributed by atoms with Crippen molar-refractivity contribution in [1.82, 2.24) is 0 Å². The number of rotatable bonds is 4. The number of carbonyl (C=O) groups excluding carboxylic acids is 1. The Labute approximate surface area is 160 Å². The Morgan fingerprint density at radius 2 is 1.67 bits per heavy atom. The topological polar surface area (TPSA) is 36.8 Å². The van der Waals surface area contributed by atoms with Crippen LogP contribution in [0.25, 0.3) is 10.8 Å². The van der Waals surface area contributed by atoms with E-state index in [-0.39, 0.29) is 5.91 Å². The zero-order valence-electron chi connectivity index (χ0n) is 15.7. The fourth-order valence-electron chi connectivity index (χ4n) is 3.81. The summed E-state index contributed by atoms with van der Waals surface area (Å²) in [5.41, 5.74) is 2.76. The summed E-state index contributed by atoms with van der Waals surface area (Å²) in [6, 6.07) is 22.0. The standard InChI is InChI=1S/C23H25N3O/c1-2-25-14-16-26(17-15-25)20-12-10-19(11-13-20)24-23(27)22-9-5-7-18-6-3-4-8-21(18)22/h3-13H,2,14-17H2,1H3,(H,24,27)/p+1. The number of carbonyl (C=O) groups is 1. The van der Waals surface area contributed by atoms with Gasteiger partial charge in [0.25, 0.3) is 5.91 Å². The van der Waals surface area contributed by atoms with Crippen molar-refractivity contribution in [3.05, 3.63) is 72.3 Å². The van der Waals surface area contributed by atoms with Gasteiger partial charge in [0, 0.05) is 16.9 Å². The van der Waals surface area contributed by atoms with Crippen molar-refractivity contribution in [3.8, 4) is 0 Å². The summed E-state index contributed by atoms with van der Waals surface area (Å²) >= 11 is 0. The lowest BCUT2D eigenvalue weighted by molar-refractivity contribution is -0.898. The van der Waals surface area contributed by atoms with Gasteiger partial charge in [-0.3, -0.25) is 4.79 Å². The first kappa shape index (κ1) is 17.6. The van der Waals surface area contributed by atoms with Crippen LogP contribution in [0, 0.1) is 0 Å². The Kier molecular flexibility index (Phi) is 5.07. The molecule has 0 unspecified atom stereocenters. The van der Waals surface area contributed by atoms with E-state index in [4.69, 9.17) is 0 Å². The number of benzene rings is 3. The summed E-state index contributed by atoms with van der Waals surface area (Å²) in [6.07, 6.45) is 0. The van der Waals surface area contributed by atoms with E-state index in [2.05, 4.69) is 29.3 Å². The molecule has 0 aliphatic carbocycles.